The van der Waals surface area contributed by atoms with E-state index in [1.54, 1.807) is 12.1 Å². The van der Waals surface area contributed by atoms with Gasteiger partial charge in [-0.05, 0) is 66.4 Å². The van der Waals surface area contributed by atoms with Gasteiger partial charge in [0.1, 0.15) is 18.2 Å². The average Bonchev–Trinajstić information content (AvgIpc) is 2.63. The molecule has 0 bridgehead atoms. The van der Waals surface area contributed by atoms with Crippen LogP contribution in [0, 0.1) is 19.7 Å². The first-order valence-electron chi connectivity index (χ1n) is 8.38. The van der Waals surface area contributed by atoms with Crippen LogP contribution < -0.4 is 10.1 Å². The Morgan fingerprint density at radius 2 is 1.64 bits per heavy atom. The second-order valence-corrected chi connectivity index (χ2v) is 6.16. The third-order valence-corrected chi connectivity index (χ3v) is 4.30. The van der Waals surface area contributed by atoms with Crippen molar-refractivity contribution in [2.75, 3.05) is 5.32 Å². The molecule has 3 aromatic rings. The molecule has 0 unspecified atom stereocenters. The minimum absolute atomic E-state index is 0.233. The van der Waals surface area contributed by atoms with Gasteiger partial charge < -0.3 is 10.1 Å². The lowest BCUT2D eigenvalue weighted by molar-refractivity contribution is 0.306. The van der Waals surface area contributed by atoms with Crippen molar-refractivity contribution in [3.63, 3.8) is 0 Å². The zero-order valence-electron chi connectivity index (χ0n) is 14.6. The highest BCUT2D eigenvalue weighted by molar-refractivity contribution is 5.54. The molecule has 0 amide bonds. The molecule has 2 nitrogen and oxygen atoms in total. The molecular weight excluding hydrogens is 313 g/mol. The van der Waals surface area contributed by atoms with Gasteiger partial charge in [0.15, 0.2) is 0 Å². The van der Waals surface area contributed by atoms with Gasteiger partial charge in [-0.25, -0.2) is 4.39 Å². The fourth-order valence-corrected chi connectivity index (χ4v) is 2.63. The molecule has 0 aliphatic rings. The molecule has 3 rings (SSSR count). The number of halogens is 1. The van der Waals surface area contributed by atoms with Gasteiger partial charge in [-0.2, -0.15) is 0 Å². The van der Waals surface area contributed by atoms with Crippen LogP contribution in [0.15, 0.2) is 66.7 Å². The summed E-state index contributed by atoms with van der Waals surface area (Å²) in [6, 6.07) is 20.7. The summed E-state index contributed by atoms with van der Waals surface area (Å²) in [5.74, 6) is 0.577. The fraction of sp³-hybridized carbons (Fsp3) is 0.182. The Morgan fingerprint density at radius 3 is 2.44 bits per heavy atom. The van der Waals surface area contributed by atoms with Crippen molar-refractivity contribution in [3.8, 4) is 5.75 Å². The number of anilines is 1. The van der Waals surface area contributed by atoms with E-state index in [9.17, 15) is 4.39 Å². The van der Waals surface area contributed by atoms with E-state index in [0.29, 0.717) is 6.61 Å². The molecule has 0 saturated carbocycles. The normalized spacial score (nSPS) is 10.5. The van der Waals surface area contributed by atoms with Crippen LogP contribution >= 0.6 is 0 Å². The van der Waals surface area contributed by atoms with Crippen molar-refractivity contribution in [2.24, 2.45) is 0 Å². The van der Waals surface area contributed by atoms with Gasteiger partial charge in [-0.1, -0.05) is 36.4 Å². The van der Waals surface area contributed by atoms with Crippen molar-refractivity contribution in [3.05, 3.63) is 94.8 Å². The van der Waals surface area contributed by atoms with Crippen molar-refractivity contribution in [2.45, 2.75) is 27.0 Å². The van der Waals surface area contributed by atoms with Crippen LogP contribution in [-0.2, 0) is 13.2 Å². The Hall–Kier alpha value is -2.81. The van der Waals surface area contributed by atoms with Crippen molar-refractivity contribution in [1.82, 2.24) is 0 Å². The number of aryl methyl sites for hydroxylation is 1. The smallest absolute Gasteiger partial charge is 0.123 e. The lowest BCUT2D eigenvalue weighted by Crippen LogP contribution is -2.02. The van der Waals surface area contributed by atoms with Gasteiger partial charge in [-0.3, -0.25) is 0 Å². The molecule has 0 aliphatic heterocycles. The lowest BCUT2D eigenvalue weighted by atomic mass is 10.1. The number of hydrogen-bond acceptors (Lipinski definition) is 2. The number of nitrogens with one attached hydrogen (secondary N) is 1. The maximum atomic E-state index is 12.9. The molecular formula is C22H22FNO. The zero-order valence-corrected chi connectivity index (χ0v) is 14.6. The Morgan fingerprint density at radius 1 is 0.880 bits per heavy atom. The van der Waals surface area contributed by atoms with E-state index in [-0.39, 0.29) is 5.82 Å². The standard InChI is InChI=1S/C22H22FNO/c1-16-5-3-8-22(17(16)2)24-14-19-6-4-7-21(13-19)25-15-18-9-11-20(23)12-10-18/h3-13,24H,14-15H2,1-2H3. The molecule has 0 fully saturated rings. The first kappa shape index (κ1) is 17.0. The quantitative estimate of drug-likeness (QED) is 0.630. The first-order chi connectivity index (χ1) is 12.1. The highest BCUT2D eigenvalue weighted by atomic mass is 19.1. The summed E-state index contributed by atoms with van der Waals surface area (Å²) >= 11 is 0. The fourth-order valence-electron chi connectivity index (χ4n) is 2.63. The van der Waals surface area contributed by atoms with Gasteiger partial charge >= 0.3 is 0 Å². The van der Waals surface area contributed by atoms with Crippen LogP contribution in [-0.4, -0.2) is 0 Å². The first-order valence-corrected chi connectivity index (χ1v) is 8.38. The molecule has 0 aliphatic carbocycles. The molecule has 3 heteroatoms. The van der Waals surface area contributed by atoms with Crippen molar-refractivity contribution < 1.29 is 9.13 Å². The van der Waals surface area contributed by atoms with Gasteiger partial charge in [0.25, 0.3) is 0 Å². The summed E-state index contributed by atoms with van der Waals surface area (Å²) in [5, 5.41) is 3.48. The van der Waals surface area contributed by atoms with E-state index >= 15 is 0 Å². The Labute approximate surface area is 148 Å². The van der Waals surface area contributed by atoms with E-state index in [0.717, 1.165) is 29.1 Å². The topological polar surface area (TPSA) is 21.3 Å². The third-order valence-electron chi connectivity index (χ3n) is 4.30. The van der Waals surface area contributed by atoms with Gasteiger partial charge in [0.05, 0.1) is 0 Å². The monoisotopic (exact) mass is 335 g/mol. The molecule has 25 heavy (non-hydrogen) atoms. The van der Waals surface area contributed by atoms with E-state index in [1.165, 1.54) is 23.3 Å². The highest BCUT2D eigenvalue weighted by Crippen LogP contribution is 2.20. The van der Waals surface area contributed by atoms with E-state index in [2.05, 4.69) is 43.4 Å². The Balaban J connectivity index is 1.61. The van der Waals surface area contributed by atoms with Gasteiger partial charge in [0, 0.05) is 12.2 Å². The third kappa shape index (κ3) is 4.60. The molecule has 0 radical (unpaired) electrons. The zero-order chi connectivity index (χ0) is 17.6. The van der Waals surface area contributed by atoms with Gasteiger partial charge in [-0.15, -0.1) is 0 Å². The molecule has 128 valence electrons. The Kier molecular flexibility index (Phi) is 5.34. The van der Waals surface area contributed by atoms with Crippen LogP contribution in [0.5, 0.6) is 5.75 Å². The maximum Gasteiger partial charge on any atom is 0.123 e. The molecule has 0 spiro atoms. The molecule has 0 heterocycles. The van der Waals surface area contributed by atoms with Crippen LogP contribution in [0.2, 0.25) is 0 Å². The minimum Gasteiger partial charge on any atom is -0.489 e. The van der Waals surface area contributed by atoms with Crippen LogP contribution in [0.1, 0.15) is 22.3 Å². The largest absolute Gasteiger partial charge is 0.489 e. The van der Waals surface area contributed by atoms with E-state index < -0.39 is 0 Å². The molecule has 1 N–H and O–H groups in total. The van der Waals surface area contributed by atoms with E-state index in [4.69, 9.17) is 4.74 Å². The lowest BCUT2D eigenvalue weighted by Gasteiger charge is -2.12. The summed E-state index contributed by atoms with van der Waals surface area (Å²) in [4.78, 5) is 0. The summed E-state index contributed by atoms with van der Waals surface area (Å²) in [7, 11) is 0. The highest BCUT2D eigenvalue weighted by Gasteiger charge is 2.02. The summed E-state index contributed by atoms with van der Waals surface area (Å²) in [5.41, 5.74) is 5.79. The second-order valence-electron chi connectivity index (χ2n) is 6.16. The van der Waals surface area contributed by atoms with Crippen LogP contribution in [0.3, 0.4) is 0 Å². The van der Waals surface area contributed by atoms with Crippen LogP contribution in [0.4, 0.5) is 10.1 Å². The molecule has 0 aromatic heterocycles. The molecule has 0 atom stereocenters. The SMILES string of the molecule is Cc1cccc(NCc2cccc(OCc3ccc(F)cc3)c2)c1C. The maximum absolute atomic E-state index is 12.9. The summed E-state index contributed by atoms with van der Waals surface area (Å²) < 4.78 is 18.8. The molecule has 0 saturated heterocycles. The van der Waals surface area contributed by atoms with Crippen molar-refractivity contribution in [1.29, 1.82) is 0 Å². The number of ether oxygens (including phenoxy) is 1. The number of benzene rings is 3. The summed E-state index contributed by atoms with van der Waals surface area (Å²) in [6.07, 6.45) is 0. The number of rotatable bonds is 6. The van der Waals surface area contributed by atoms with Gasteiger partial charge in [0.2, 0.25) is 0 Å². The molecule has 3 aromatic carbocycles. The summed E-state index contributed by atoms with van der Waals surface area (Å²) in [6.45, 7) is 5.40. The minimum atomic E-state index is -0.233. The Bertz CT molecular complexity index is 843. The average molecular weight is 335 g/mol. The van der Waals surface area contributed by atoms with E-state index in [1.807, 2.05) is 18.2 Å². The predicted molar refractivity (Wildman–Crippen MR) is 100 cm³/mol. The van der Waals surface area contributed by atoms with Crippen LogP contribution in [0.25, 0.3) is 0 Å². The number of hydrogen-bond donors (Lipinski definition) is 1. The van der Waals surface area contributed by atoms with Crippen molar-refractivity contribution >= 4 is 5.69 Å². The predicted octanol–water partition coefficient (Wildman–Crippen LogP) is 5.63. The second kappa shape index (κ2) is 7.84.